The monoisotopic (exact) mass is 411 g/mol. The molecule has 144 valence electrons. The number of nitrogen functional groups attached to an aromatic ring is 1. The van der Waals surface area contributed by atoms with E-state index >= 15 is 0 Å². The minimum Gasteiger partial charge on any atom is -0.387 e. The number of aliphatic hydroxyl groups excluding tert-OH is 2. The van der Waals surface area contributed by atoms with Crippen molar-refractivity contribution in [2.24, 2.45) is 0 Å². The van der Waals surface area contributed by atoms with E-state index in [4.69, 9.17) is 24.8 Å². The quantitative estimate of drug-likeness (QED) is 0.224. The van der Waals surface area contributed by atoms with Crippen molar-refractivity contribution in [2.75, 3.05) is 12.3 Å². The second kappa shape index (κ2) is 7.27. The molecule has 7 N–H and O–H groups in total. The van der Waals surface area contributed by atoms with Crippen molar-refractivity contribution in [2.45, 2.75) is 24.5 Å². The van der Waals surface area contributed by atoms with Gasteiger partial charge >= 0.3 is 7.82 Å². The predicted molar refractivity (Wildman–Crippen MR) is 85.9 cm³/mol. The highest BCUT2D eigenvalue weighted by Crippen LogP contribution is 2.44. The number of H-pyrrole nitrogens is 1. The summed E-state index contributed by atoms with van der Waals surface area (Å²) in [5.74, 6) is -0.159. The van der Waals surface area contributed by atoms with Crippen molar-refractivity contribution in [3.8, 4) is 0 Å². The maximum Gasteiger partial charge on any atom is 0.474 e. The zero-order chi connectivity index (χ0) is 19.1. The van der Waals surface area contributed by atoms with Gasteiger partial charge in [0, 0.05) is 0 Å². The molecule has 0 amide bonds. The van der Waals surface area contributed by atoms with Crippen molar-refractivity contribution in [3.05, 3.63) is 16.7 Å². The number of nitrogens with zero attached hydrogens (tertiary/aromatic N) is 3. The van der Waals surface area contributed by atoms with Gasteiger partial charge in [0.25, 0.3) is 5.56 Å². The molecule has 3 heterocycles. The van der Waals surface area contributed by atoms with Gasteiger partial charge in [-0.1, -0.05) is 0 Å². The molecule has 0 aliphatic carbocycles. The minimum atomic E-state index is -4.67. The van der Waals surface area contributed by atoms with Crippen molar-refractivity contribution < 1.29 is 38.1 Å². The number of ether oxygens (including phenoxy) is 1. The van der Waals surface area contributed by atoms with E-state index in [9.17, 15) is 19.6 Å². The fourth-order valence-electron chi connectivity index (χ4n) is 2.42. The first-order valence-electron chi connectivity index (χ1n) is 7.02. The molecule has 16 heteroatoms. The molecule has 2 aromatic heterocycles. The maximum atomic E-state index is 11.8. The average Bonchev–Trinajstić information content (AvgIpc) is 3.06. The van der Waals surface area contributed by atoms with Gasteiger partial charge in [-0.05, 0) is 0 Å². The summed E-state index contributed by atoms with van der Waals surface area (Å²) in [6, 6.07) is 0. The van der Waals surface area contributed by atoms with Crippen LogP contribution in [0, 0.1) is 0 Å². The SMILES string of the molecule is Nc1nc2c(ncn2[C@@H]2O[C@H](COPOP(=O)(O)O)C(O)[C@@H]2O)c(=O)[nH]1. The summed E-state index contributed by atoms with van der Waals surface area (Å²) in [5.41, 5.74) is 4.95. The number of aliphatic hydroxyl groups is 2. The van der Waals surface area contributed by atoms with E-state index in [2.05, 4.69) is 19.3 Å². The van der Waals surface area contributed by atoms with E-state index in [0.717, 1.165) is 0 Å². The highest BCUT2D eigenvalue weighted by Gasteiger charge is 2.44. The van der Waals surface area contributed by atoms with Crippen LogP contribution in [0.5, 0.6) is 0 Å². The number of aromatic amines is 1. The van der Waals surface area contributed by atoms with Crippen LogP contribution in [-0.2, 0) is 18.1 Å². The van der Waals surface area contributed by atoms with Crippen molar-refractivity contribution in [1.82, 2.24) is 19.5 Å². The molecule has 1 aliphatic rings. The van der Waals surface area contributed by atoms with Crippen molar-refractivity contribution >= 4 is 34.0 Å². The summed E-state index contributed by atoms with van der Waals surface area (Å²) in [4.78, 5) is 39.0. The Balaban J connectivity index is 1.74. The molecule has 2 aromatic rings. The number of imidazole rings is 1. The Bertz CT molecular complexity index is 897. The van der Waals surface area contributed by atoms with Gasteiger partial charge in [0.2, 0.25) is 5.95 Å². The number of nitrogens with two attached hydrogens (primary N) is 1. The van der Waals surface area contributed by atoms with Crippen LogP contribution in [0.1, 0.15) is 6.23 Å². The molecule has 3 rings (SSSR count). The molecule has 2 unspecified atom stereocenters. The molecule has 14 nitrogen and oxygen atoms in total. The van der Waals surface area contributed by atoms with Crippen LogP contribution < -0.4 is 11.3 Å². The topological polar surface area (TPSA) is 215 Å². The molecule has 5 atom stereocenters. The summed E-state index contributed by atoms with van der Waals surface area (Å²) in [7, 11) is -5.66. The molecule has 1 aliphatic heterocycles. The van der Waals surface area contributed by atoms with Gasteiger partial charge in [0.1, 0.15) is 18.3 Å². The lowest BCUT2D eigenvalue weighted by molar-refractivity contribution is -0.0466. The van der Waals surface area contributed by atoms with Crippen LogP contribution >= 0.6 is 16.9 Å². The zero-order valence-electron chi connectivity index (χ0n) is 12.8. The highest BCUT2D eigenvalue weighted by atomic mass is 31.2. The Hall–Kier alpha value is -1.47. The van der Waals surface area contributed by atoms with Crippen LogP contribution in [0.25, 0.3) is 11.2 Å². The molecule has 26 heavy (non-hydrogen) atoms. The molecule has 0 aromatic carbocycles. The van der Waals surface area contributed by atoms with Gasteiger partial charge in [-0.25, -0.2) is 13.9 Å². The first kappa shape index (κ1) is 19.3. The Morgan fingerprint density at radius 2 is 2.15 bits per heavy atom. The predicted octanol–water partition coefficient (Wildman–Crippen LogP) is -2.04. The molecule has 1 fully saturated rings. The number of aromatic nitrogens is 4. The number of phosphoric acid groups is 1. The Morgan fingerprint density at radius 3 is 2.85 bits per heavy atom. The number of hydrogen-bond acceptors (Lipinski definition) is 10. The highest BCUT2D eigenvalue weighted by molar-refractivity contribution is 7.53. The Labute approximate surface area is 146 Å². The zero-order valence-corrected chi connectivity index (χ0v) is 14.7. The van der Waals surface area contributed by atoms with Gasteiger partial charge in [-0.15, -0.1) is 0 Å². The number of rotatable bonds is 6. The van der Waals surface area contributed by atoms with Crippen LogP contribution in [0.2, 0.25) is 0 Å². The Kier molecular flexibility index (Phi) is 5.40. The van der Waals surface area contributed by atoms with Gasteiger partial charge in [0.15, 0.2) is 26.4 Å². The molecule has 0 saturated carbocycles. The lowest BCUT2D eigenvalue weighted by Crippen LogP contribution is -2.33. The van der Waals surface area contributed by atoms with Gasteiger partial charge in [0.05, 0.1) is 12.9 Å². The first-order chi connectivity index (χ1) is 12.2. The third-order valence-corrected chi connectivity index (χ3v) is 5.06. The third kappa shape index (κ3) is 3.93. The van der Waals surface area contributed by atoms with Crippen LogP contribution in [0.15, 0.2) is 11.1 Å². The van der Waals surface area contributed by atoms with Crippen LogP contribution in [0.4, 0.5) is 5.95 Å². The number of nitrogens with one attached hydrogen (secondary N) is 1. The van der Waals surface area contributed by atoms with E-state index in [0.29, 0.717) is 0 Å². The minimum absolute atomic E-state index is 0.0271. The fraction of sp³-hybridized carbons (Fsp3) is 0.500. The maximum absolute atomic E-state index is 11.8. The molecule has 0 radical (unpaired) electrons. The molecule has 0 bridgehead atoms. The molecule has 0 spiro atoms. The third-order valence-electron chi connectivity index (χ3n) is 3.52. The summed E-state index contributed by atoms with van der Waals surface area (Å²) in [5, 5.41) is 20.3. The van der Waals surface area contributed by atoms with Crippen LogP contribution in [0.3, 0.4) is 0 Å². The van der Waals surface area contributed by atoms with E-state index in [-0.39, 0.29) is 23.7 Å². The molecule has 1 saturated heterocycles. The first-order valence-corrected chi connectivity index (χ1v) is 9.37. The fourth-order valence-corrected chi connectivity index (χ4v) is 3.25. The van der Waals surface area contributed by atoms with Gasteiger partial charge in [-0.2, -0.15) is 4.98 Å². The normalized spacial score (nSPS) is 27.1. The molecular formula is C10H15N5O9P2. The number of anilines is 1. The standard InChI is InChI=1S/C10H15N5O9P2/c11-10-13-7-4(8(18)14-10)12-2-15(7)9-6(17)5(16)3(23-9)1-22-25-24-26(19,20)21/h2-3,5-6,9,16-17,25H,1H2,(H2,19,20,21)(H3,11,13,14,18)/t3-,5?,6+,9-/m1/s1. The van der Waals surface area contributed by atoms with E-state index in [1.54, 1.807) is 0 Å². The van der Waals surface area contributed by atoms with Gasteiger partial charge < -0.3 is 35.0 Å². The summed E-state index contributed by atoms with van der Waals surface area (Å²) >= 11 is 0. The molecular weight excluding hydrogens is 396 g/mol. The summed E-state index contributed by atoms with van der Waals surface area (Å²) in [6.45, 7) is -0.310. The second-order valence-electron chi connectivity index (χ2n) is 5.30. The van der Waals surface area contributed by atoms with E-state index in [1.807, 2.05) is 0 Å². The van der Waals surface area contributed by atoms with E-state index < -0.39 is 47.0 Å². The average molecular weight is 411 g/mol. The largest absolute Gasteiger partial charge is 0.474 e. The lowest BCUT2D eigenvalue weighted by atomic mass is 10.1. The van der Waals surface area contributed by atoms with E-state index in [1.165, 1.54) is 10.9 Å². The number of hydrogen-bond donors (Lipinski definition) is 6. The number of fused-ring (bicyclic) bond motifs is 1. The smallest absolute Gasteiger partial charge is 0.387 e. The van der Waals surface area contributed by atoms with Crippen molar-refractivity contribution in [1.29, 1.82) is 0 Å². The van der Waals surface area contributed by atoms with Gasteiger partial charge in [-0.3, -0.25) is 14.3 Å². The van der Waals surface area contributed by atoms with Crippen molar-refractivity contribution in [3.63, 3.8) is 0 Å². The lowest BCUT2D eigenvalue weighted by Gasteiger charge is -2.16. The summed E-state index contributed by atoms with van der Waals surface area (Å²) < 4.78 is 26.3. The Morgan fingerprint density at radius 1 is 1.42 bits per heavy atom. The second-order valence-corrected chi connectivity index (χ2v) is 7.46. The summed E-state index contributed by atoms with van der Waals surface area (Å²) in [6.07, 6.45) is -3.75. The van der Waals surface area contributed by atoms with Crippen LogP contribution in [-0.4, -0.2) is 64.4 Å².